The Hall–Kier alpha value is -4.62. The average molecular weight is 537 g/mol. The van der Waals surface area contributed by atoms with Gasteiger partial charge in [0, 0.05) is 11.5 Å². The minimum absolute atomic E-state index is 0.0794. The van der Waals surface area contributed by atoms with Crippen molar-refractivity contribution in [2.45, 2.75) is 15.3 Å². The van der Waals surface area contributed by atoms with E-state index >= 15 is 0 Å². The fraction of sp³-hybridized carbons (Fsp3) is 0.0312. The number of rotatable bonds is 6. The number of nitrogens with zero attached hydrogens (tertiary/aromatic N) is 2. The van der Waals surface area contributed by atoms with Crippen molar-refractivity contribution in [1.82, 2.24) is 9.78 Å². The summed E-state index contributed by atoms with van der Waals surface area (Å²) >= 11 is 0. The summed E-state index contributed by atoms with van der Waals surface area (Å²) in [5.74, 6) is -1.92. The number of hydrogen-bond donors (Lipinski definition) is 0. The summed E-state index contributed by atoms with van der Waals surface area (Å²) in [5.41, 5.74) is 2.73. The van der Waals surface area contributed by atoms with E-state index < -0.39 is 31.9 Å². The van der Waals surface area contributed by atoms with Crippen LogP contribution in [0.15, 0.2) is 143 Å². The fourth-order valence-corrected chi connectivity index (χ4v) is 6.51. The third kappa shape index (κ3) is 4.11. The van der Waals surface area contributed by atoms with Crippen molar-refractivity contribution in [2.24, 2.45) is 0 Å². The molecule has 0 atom stereocenters. The van der Waals surface area contributed by atoms with E-state index in [1.807, 2.05) is 95.7 Å². The van der Waals surface area contributed by atoms with Crippen LogP contribution in [0.1, 0.15) is 16.7 Å². The lowest BCUT2D eigenvalue weighted by Gasteiger charge is -2.37. The Morgan fingerprint density at radius 3 is 1.56 bits per heavy atom. The first-order chi connectivity index (χ1) is 18.9. The van der Waals surface area contributed by atoms with Gasteiger partial charge in [-0.1, -0.05) is 91.0 Å². The number of benzene rings is 5. The van der Waals surface area contributed by atoms with Gasteiger partial charge in [-0.15, -0.1) is 0 Å². The zero-order valence-electron chi connectivity index (χ0n) is 20.6. The summed E-state index contributed by atoms with van der Waals surface area (Å²) in [4.78, 5) is -0.525. The Morgan fingerprint density at radius 2 is 1.08 bits per heavy atom. The van der Waals surface area contributed by atoms with Gasteiger partial charge in [-0.2, -0.15) is 5.10 Å². The Morgan fingerprint density at radius 1 is 0.590 bits per heavy atom. The molecular formula is C32H22F2N2O2S. The highest BCUT2D eigenvalue weighted by molar-refractivity contribution is 7.91. The largest absolute Gasteiger partial charge is 0.245 e. The second-order valence-electron chi connectivity index (χ2n) is 9.19. The van der Waals surface area contributed by atoms with Gasteiger partial charge < -0.3 is 0 Å². The number of aromatic nitrogens is 2. The molecular weight excluding hydrogens is 514 g/mol. The zero-order chi connectivity index (χ0) is 27.0. The van der Waals surface area contributed by atoms with E-state index in [0.717, 1.165) is 28.8 Å². The lowest BCUT2D eigenvalue weighted by molar-refractivity contribution is 0.476. The second-order valence-corrected chi connectivity index (χ2v) is 11.1. The predicted molar refractivity (Wildman–Crippen MR) is 146 cm³/mol. The van der Waals surface area contributed by atoms with Crippen LogP contribution in [0.4, 0.5) is 8.78 Å². The molecule has 4 nitrogen and oxygen atoms in total. The molecule has 192 valence electrons. The van der Waals surface area contributed by atoms with E-state index in [1.165, 1.54) is 12.1 Å². The van der Waals surface area contributed by atoms with Crippen LogP contribution in [0.3, 0.4) is 0 Å². The van der Waals surface area contributed by atoms with Crippen LogP contribution in [0.5, 0.6) is 0 Å². The van der Waals surface area contributed by atoms with Crippen molar-refractivity contribution >= 4 is 20.7 Å². The minimum atomic E-state index is -4.18. The third-order valence-corrected chi connectivity index (χ3v) is 8.62. The molecule has 1 heterocycles. The van der Waals surface area contributed by atoms with E-state index in [2.05, 4.69) is 0 Å². The van der Waals surface area contributed by atoms with Gasteiger partial charge in [-0.25, -0.2) is 21.9 Å². The zero-order valence-corrected chi connectivity index (χ0v) is 21.4. The molecule has 0 bridgehead atoms. The van der Waals surface area contributed by atoms with Gasteiger partial charge >= 0.3 is 0 Å². The van der Waals surface area contributed by atoms with Crippen LogP contribution < -0.4 is 0 Å². The minimum Gasteiger partial charge on any atom is -0.245 e. The summed E-state index contributed by atoms with van der Waals surface area (Å²) in [6.07, 6.45) is 1.62. The van der Waals surface area contributed by atoms with Crippen LogP contribution in [-0.2, 0) is 15.4 Å². The van der Waals surface area contributed by atoms with E-state index in [-0.39, 0.29) is 4.90 Å². The fourth-order valence-electron chi connectivity index (χ4n) is 5.17. The smallest absolute Gasteiger partial charge is 0.206 e. The normalized spacial score (nSPS) is 12.1. The van der Waals surface area contributed by atoms with Crippen molar-refractivity contribution in [3.05, 3.63) is 162 Å². The molecule has 0 aliphatic carbocycles. The summed E-state index contributed by atoms with van der Waals surface area (Å²) < 4.78 is 56.1. The van der Waals surface area contributed by atoms with Gasteiger partial charge in [0.1, 0.15) is 17.2 Å². The molecule has 6 rings (SSSR count). The lowest BCUT2D eigenvalue weighted by Crippen LogP contribution is -2.38. The molecule has 0 unspecified atom stereocenters. The monoisotopic (exact) mass is 536 g/mol. The summed E-state index contributed by atoms with van der Waals surface area (Å²) in [6.45, 7) is 0. The molecule has 0 radical (unpaired) electrons. The van der Waals surface area contributed by atoms with Crippen molar-refractivity contribution < 1.29 is 17.2 Å². The van der Waals surface area contributed by atoms with Crippen molar-refractivity contribution in [1.29, 1.82) is 0 Å². The van der Waals surface area contributed by atoms with E-state index in [9.17, 15) is 17.2 Å². The Bertz CT molecular complexity index is 1770. The molecule has 0 fully saturated rings. The van der Waals surface area contributed by atoms with Crippen LogP contribution in [0.2, 0.25) is 0 Å². The maximum absolute atomic E-state index is 13.8. The number of halogens is 2. The van der Waals surface area contributed by atoms with Crippen LogP contribution >= 0.6 is 0 Å². The SMILES string of the molecule is O=S(=O)(c1cc(F)cc(F)c1)c1ccc2c(cnn2C(c2ccccc2)(c2ccccc2)c2ccccc2)c1. The van der Waals surface area contributed by atoms with Crippen molar-refractivity contribution in [3.8, 4) is 0 Å². The molecule has 0 amide bonds. The first-order valence-electron chi connectivity index (χ1n) is 12.3. The Labute approximate surface area is 224 Å². The molecule has 0 aliphatic rings. The maximum Gasteiger partial charge on any atom is 0.206 e. The van der Waals surface area contributed by atoms with E-state index in [1.54, 1.807) is 12.3 Å². The van der Waals surface area contributed by atoms with E-state index in [0.29, 0.717) is 17.0 Å². The molecule has 7 heteroatoms. The molecule has 39 heavy (non-hydrogen) atoms. The average Bonchev–Trinajstić information content (AvgIpc) is 3.38. The maximum atomic E-state index is 13.8. The van der Waals surface area contributed by atoms with E-state index in [4.69, 9.17) is 5.10 Å². The third-order valence-electron chi connectivity index (χ3n) is 6.89. The highest BCUT2D eigenvalue weighted by atomic mass is 32.2. The van der Waals surface area contributed by atoms with Gasteiger partial charge in [0.15, 0.2) is 0 Å². The first kappa shape index (κ1) is 24.7. The molecule has 0 spiro atoms. The quantitative estimate of drug-likeness (QED) is 0.216. The molecule has 0 N–H and O–H groups in total. The summed E-state index contributed by atoms with van der Waals surface area (Å²) in [6, 6.07) is 36.9. The first-order valence-corrected chi connectivity index (χ1v) is 13.7. The lowest BCUT2D eigenvalue weighted by atomic mass is 9.77. The van der Waals surface area contributed by atoms with Gasteiger partial charge in [-0.3, -0.25) is 0 Å². The highest BCUT2D eigenvalue weighted by Gasteiger charge is 2.40. The van der Waals surface area contributed by atoms with Gasteiger partial charge in [0.2, 0.25) is 9.84 Å². The Kier molecular flexibility index (Phi) is 6.08. The standard InChI is InChI=1S/C32H22F2N2O2S/c33-27-19-28(34)21-30(20-27)39(37,38)29-16-17-31-23(18-29)22-35-36(31)32(24-10-4-1-5-11-24,25-12-6-2-7-13-25)26-14-8-3-9-15-26/h1-22H. The molecule has 0 saturated heterocycles. The number of sulfone groups is 1. The topological polar surface area (TPSA) is 52.0 Å². The highest BCUT2D eigenvalue weighted by Crippen LogP contribution is 2.42. The number of fused-ring (bicyclic) bond motifs is 1. The molecule has 6 aromatic rings. The predicted octanol–water partition coefficient (Wildman–Crippen LogP) is 6.99. The van der Waals surface area contributed by atoms with Gasteiger partial charge in [-0.05, 0) is 47.0 Å². The van der Waals surface area contributed by atoms with Crippen molar-refractivity contribution in [2.75, 3.05) is 0 Å². The molecule has 0 aliphatic heterocycles. The van der Waals surface area contributed by atoms with Crippen LogP contribution in [0, 0.1) is 11.6 Å². The summed E-state index contributed by atoms with van der Waals surface area (Å²) in [5, 5.41) is 5.39. The van der Waals surface area contributed by atoms with Crippen LogP contribution in [0.25, 0.3) is 10.9 Å². The molecule has 1 aromatic heterocycles. The molecule has 0 saturated carbocycles. The molecule has 5 aromatic carbocycles. The van der Waals surface area contributed by atoms with Crippen molar-refractivity contribution in [3.63, 3.8) is 0 Å². The van der Waals surface area contributed by atoms with Crippen LogP contribution in [-0.4, -0.2) is 18.2 Å². The van der Waals surface area contributed by atoms with Gasteiger partial charge in [0.25, 0.3) is 0 Å². The summed E-state index contributed by atoms with van der Waals surface area (Å²) in [7, 11) is -4.18. The van der Waals surface area contributed by atoms with Gasteiger partial charge in [0.05, 0.1) is 21.5 Å². The Balaban J connectivity index is 1.62. The number of hydrogen-bond acceptors (Lipinski definition) is 3. The second kappa shape index (κ2) is 9.60.